The Bertz CT molecular complexity index is 1460. The smallest absolute Gasteiger partial charge is 0.421 e. The number of benzene rings is 2. The lowest BCUT2D eigenvalue weighted by Gasteiger charge is -2.21. The highest BCUT2D eigenvalue weighted by Gasteiger charge is 2.36. The molecule has 2 aromatic carbocycles. The number of rotatable bonds is 11. The minimum absolute atomic E-state index is 0.123. The molecule has 1 aromatic heterocycles. The summed E-state index contributed by atoms with van der Waals surface area (Å²) in [6.07, 6.45) is -2.85. The van der Waals surface area contributed by atoms with Gasteiger partial charge in [0.2, 0.25) is 5.95 Å². The summed E-state index contributed by atoms with van der Waals surface area (Å²) in [5, 5.41) is 6.16. The summed E-state index contributed by atoms with van der Waals surface area (Å²) >= 11 is 0. The summed E-state index contributed by atoms with van der Waals surface area (Å²) < 4.78 is 61.1. The monoisotopic (exact) mass is 591 g/mol. The first-order chi connectivity index (χ1) is 19.5. The molecule has 0 radical (unpaired) electrons. The predicted molar refractivity (Wildman–Crippen MR) is 152 cm³/mol. The van der Waals surface area contributed by atoms with Crippen LogP contribution in [-0.2, 0) is 22.0 Å². The number of nitrogens with zero attached hydrogens (tertiary/aromatic N) is 2. The zero-order chi connectivity index (χ0) is 29.8. The molecule has 0 unspecified atom stereocenters. The van der Waals surface area contributed by atoms with E-state index in [-0.39, 0.29) is 17.6 Å². The first-order valence-corrected chi connectivity index (χ1v) is 15.4. The number of ether oxygens (including phenoxy) is 1. The van der Waals surface area contributed by atoms with Crippen LogP contribution in [0, 0.1) is 5.92 Å². The molecule has 1 amide bonds. The van der Waals surface area contributed by atoms with Crippen LogP contribution in [0.1, 0.15) is 49.2 Å². The summed E-state index contributed by atoms with van der Waals surface area (Å²) in [6.45, 7) is 8.18. The van der Waals surface area contributed by atoms with Crippen LogP contribution < -0.4 is 26.2 Å². The van der Waals surface area contributed by atoms with Crippen molar-refractivity contribution in [1.29, 1.82) is 0 Å². The summed E-state index contributed by atoms with van der Waals surface area (Å²) in [6, 6.07) is 9.76. The van der Waals surface area contributed by atoms with Gasteiger partial charge in [-0.3, -0.25) is 9.63 Å². The summed E-state index contributed by atoms with van der Waals surface area (Å²) in [4.78, 5) is 26.0. The highest BCUT2D eigenvalue weighted by molar-refractivity contribution is 7.71. The van der Waals surface area contributed by atoms with Gasteiger partial charge >= 0.3 is 6.18 Å². The Morgan fingerprint density at radius 3 is 2.51 bits per heavy atom. The van der Waals surface area contributed by atoms with E-state index in [0.717, 1.165) is 0 Å². The van der Waals surface area contributed by atoms with Crippen molar-refractivity contribution in [3.63, 3.8) is 0 Å². The SMILES string of the molecule is CCP(=O)(CC)c1ccccc1Nc1nc(Nc2ccc(C(=O)NOCC(C)C)c3c2OCC3)ncc1C(F)(F)F. The van der Waals surface area contributed by atoms with E-state index in [2.05, 4.69) is 26.1 Å². The van der Waals surface area contributed by atoms with Crippen LogP contribution >= 0.6 is 7.14 Å². The second kappa shape index (κ2) is 12.5. The van der Waals surface area contributed by atoms with E-state index in [0.29, 0.717) is 66.0 Å². The molecule has 41 heavy (non-hydrogen) atoms. The number of amides is 1. The molecule has 1 aliphatic heterocycles. The molecule has 0 fully saturated rings. The van der Waals surface area contributed by atoms with Gasteiger partial charge in [0.05, 0.1) is 24.6 Å². The number of hydroxylamine groups is 1. The van der Waals surface area contributed by atoms with Crippen molar-refractivity contribution in [2.75, 3.05) is 36.2 Å². The molecule has 220 valence electrons. The first kappa shape index (κ1) is 30.3. The maximum absolute atomic E-state index is 13.9. The number of carbonyl (C=O) groups is 1. The molecule has 3 N–H and O–H groups in total. The highest BCUT2D eigenvalue weighted by Crippen LogP contribution is 2.46. The number of hydrogen-bond donors (Lipinski definition) is 3. The number of fused-ring (bicyclic) bond motifs is 1. The number of halogens is 3. The summed E-state index contributed by atoms with van der Waals surface area (Å²) in [5.41, 5.74) is 3.04. The Morgan fingerprint density at radius 1 is 1.10 bits per heavy atom. The van der Waals surface area contributed by atoms with Crippen LogP contribution in [-0.4, -0.2) is 41.4 Å². The van der Waals surface area contributed by atoms with E-state index in [9.17, 15) is 22.5 Å². The van der Waals surface area contributed by atoms with Gasteiger partial charge in [0.25, 0.3) is 5.91 Å². The number of nitrogens with one attached hydrogen (secondary N) is 3. The van der Waals surface area contributed by atoms with Crippen LogP contribution in [0.3, 0.4) is 0 Å². The summed E-state index contributed by atoms with van der Waals surface area (Å²) in [7, 11) is -2.83. The van der Waals surface area contributed by atoms with Crippen LogP contribution in [0.5, 0.6) is 5.75 Å². The lowest BCUT2D eigenvalue weighted by atomic mass is 10.0. The fourth-order valence-electron chi connectivity index (χ4n) is 4.43. The van der Waals surface area contributed by atoms with Gasteiger partial charge in [-0.1, -0.05) is 39.8 Å². The van der Waals surface area contributed by atoms with Gasteiger partial charge < -0.3 is 19.9 Å². The van der Waals surface area contributed by atoms with E-state index < -0.39 is 30.6 Å². The highest BCUT2D eigenvalue weighted by atomic mass is 31.2. The molecule has 0 bridgehead atoms. The van der Waals surface area contributed by atoms with Gasteiger partial charge in [-0.25, -0.2) is 10.5 Å². The topological polar surface area (TPSA) is 114 Å². The second-order valence-electron chi connectivity index (χ2n) is 9.95. The minimum atomic E-state index is -4.74. The molecule has 1 aliphatic rings. The molecule has 4 rings (SSSR count). The largest absolute Gasteiger partial charge is 0.491 e. The molecule has 0 saturated carbocycles. The van der Waals surface area contributed by atoms with E-state index in [1.54, 1.807) is 50.2 Å². The van der Waals surface area contributed by atoms with Gasteiger partial charge in [0.15, 0.2) is 0 Å². The average molecular weight is 592 g/mol. The minimum Gasteiger partial charge on any atom is -0.491 e. The predicted octanol–water partition coefficient (Wildman–Crippen LogP) is 6.26. The quantitative estimate of drug-likeness (QED) is 0.177. The Labute approximate surface area is 236 Å². The third-order valence-electron chi connectivity index (χ3n) is 6.64. The number of para-hydroxylation sites is 1. The zero-order valence-corrected chi connectivity index (χ0v) is 24.2. The van der Waals surface area contributed by atoms with Crippen molar-refractivity contribution < 1.29 is 32.1 Å². The lowest BCUT2D eigenvalue weighted by molar-refractivity contribution is -0.137. The van der Waals surface area contributed by atoms with Crippen LogP contribution in [0.25, 0.3) is 0 Å². The van der Waals surface area contributed by atoms with Crippen LogP contribution in [0.4, 0.5) is 36.3 Å². The van der Waals surface area contributed by atoms with Gasteiger partial charge in [-0.05, 0) is 30.2 Å². The van der Waals surface area contributed by atoms with Gasteiger partial charge in [-0.15, -0.1) is 0 Å². The Kier molecular flexibility index (Phi) is 9.24. The average Bonchev–Trinajstić information content (AvgIpc) is 3.43. The summed E-state index contributed by atoms with van der Waals surface area (Å²) in [5.74, 6) is -0.419. The number of hydrogen-bond acceptors (Lipinski definition) is 8. The van der Waals surface area contributed by atoms with E-state index in [4.69, 9.17) is 9.57 Å². The number of aromatic nitrogens is 2. The standard InChI is InChI=1S/C28H33F3N5O4P/c1-5-41(38,6-2)23-10-8-7-9-21(23)33-25-20(28(29,30)31)15-32-27(35-25)34-22-12-11-19(18-13-14-39-24(18)22)26(37)36-40-16-17(3)4/h7-12,15,17H,5-6,13-14,16H2,1-4H3,(H,36,37)(H2,32,33,34,35). The third-order valence-corrected chi connectivity index (χ3v) is 9.95. The van der Waals surface area contributed by atoms with Crippen molar-refractivity contribution in [3.8, 4) is 5.75 Å². The number of alkyl halides is 3. The fraction of sp³-hybridized carbons (Fsp3) is 0.393. The molecule has 2 heterocycles. The van der Waals surface area contributed by atoms with Gasteiger partial charge in [0, 0.05) is 41.4 Å². The lowest BCUT2D eigenvalue weighted by Crippen LogP contribution is -2.26. The Hall–Kier alpha value is -3.63. The van der Waals surface area contributed by atoms with E-state index >= 15 is 0 Å². The normalized spacial score (nSPS) is 13.1. The van der Waals surface area contributed by atoms with Gasteiger partial charge in [0.1, 0.15) is 24.3 Å². The van der Waals surface area contributed by atoms with E-state index in [1.807, 2.05) is 13.8 Å². The maximum atomic E-state index is 13.9. The Morgan fingerprint density at radius 2 is 1.83 bits per heavy atom. The van der Waals surface area contributed by atoms with Crippen molar-refractivity contribution in [3.05, 3.63) is 59.3 Å². The van der Waals surface area contributed by atoms with Crippen molar-refractivity contribution >= 4 is 41.5 Å². The molecule has 0 atom stereocenters. The van der Waals surface area contributed by atoms with Crippen molar-refractivity contribution in [1.82, 2.24) is 15.4 Å². The zero-order valence-electron chi connectivity index (χ0n) is 23.3. The second-order valence-corrected chi connectivity index (χ2v) is 13.5. The first-order valence-electron chi connectivity index (χ1n) is 13.3. The Balaban J connectivity index is 1.66. The number of anilines is 4. The number of carbonyl (C=O) groups excluding carboxylic acids is 1. The van der Waals surface area contributed by atoms with Crippen LogP contribution in [0.2, 0.25) is 0 Å². The molecule has 0 spiro atoms. The molecule has 9 nitrogen and oxygen atoms in total. The maximum Gasteiger partial charge on any atom is 0.421 e. The third kappa shape index (κ3) is 6.82. The van der Waals surface area contributed by atoms with Crippen LogP contribution in [0.15, 0.2) is 42.6 Å². The molecular formula is C28H33F3N5O4P. The molecular weight excluding hydrogens is 558 g/mol. The molecule has 13 heteroatoms. The van der Waals surface area contributed by atoms with Crippen molar-refractivity contribution in [2.24, 2.45) is 5.92 Å². The molecule has 0 saturated heterocycles. The molecule has 0 aliphatic carbocycles. The van der Waals surface area contributed by atoms with Crippen molar-refractivity contribution in [2.45, 2.75) is 40.3 Å². The molecule has 3 aromatic rings. The fourth-order valence-corrected chi connectivity index (χ4v) is 6.48. The van der Waals surface area contributed by atoms with E-state index in [1.165, 1.54) is 0 Å². The van der Waals surface area contributed by atoms with Gasteiger partial charge in [-0.2, -0.15) is 18.2 Å².